The Hall–Kier alpha value is -3.25. The highest BCUT2D eigenvalue weighted by molar-refractivity contribution is 6.04. The molecule has 0 unspecified atom stereocenters. The van der Waals surface area contributed by atoms with Crippen LogP contribution in [-0.4, -0.2) is 42.0 Å². The number of nitrogens with zero attached hydrogens (tertiary/aromatic N) is 3. The molecule has 0 atom stereocenters. The second-order valence-electron chi connectivity index (χ2n) is 7.47. The van der Waals surface area contributed by atoms with E-state index in [2.05, 4.69) is 20.1 Å². The van der Waals surface area contributed by atoms with Crippen LogP contribution in [0.5, 0.6) is 0 Å². The molecule has 1 saturated heterocycles. The van der Waals surface area contributed by atoms with Crippen LogP contribution in [0.2, 0.25) is 0 Å². The molecule has 1 aromatic heterocycles. The van der Waals surface area contributed by atoms with Crippen LogP contribution in [0.25, 0.3) is 0 Å². The van der Waals surface area contributed by atoms with Gasteiger partial charge in [-0.1, -0.05) is 30.3 Å². The number of hydrogen-bond donors (Lipinski definition) is 1. The Morgan fingerprint density at radius 1 is 0.933 bits per heavy atom. The van der Waals surface area contributed by atoms with Crippen LogP contribution in [0.1, 0.15) is 22.3 Å². The first-order valence-corrected chi connectivity index (χ1v) is 10.2. The monoisotopic (exact) mass is 404 g/mol. The van der Waals surface area contributed by atoms with E-state index < -0.39 is 0 Å². The summed E-state index contributed by atoms with van der Waals surface area (Å²) in [6.07, 6.45) is 2.74. The normalized spacial score (nSPS) is 14.9. The van der Waals surface area contributed by atoms with Crippen molar-refractivity contribution in [3.63, 3.8) is 0 Å². The lowest BCUT2D eigenvalue weighted by molar-refractivity contribution is 0.102. The van der Waals surface area contributed by atoms with Gasteiger partial charge in [-0.3, -0.25) is 9.69 Å². The predicted molar refractivity (Wildman–Crippen MR) is 117 cm³/mol. The van der Waals surface area contributed by atoms with Crippen molar-refractivity contribution in [2.45, 2.75) is 13.0 Å². The molecule has 6 heteroatoms. The molecule has 1 fully saturated rings. The number of carbonyl (C=O) groups excluding carboxylic acids is 1. The maximum absolute atomic E-state index is 13.1. The van der Waals surface area contributed by atoms with Crippen LogP contribution in [0.4, 0.5) is 15.9 Å². The van der Waals surface area contributed by atoms with Crippen LogP contribution in [0.3, 0.4) is 0 Å². The van der Waals surface area contributed by atoms with Crippen LogP contribution in [0.15, 0.2) is 72.9 Å². The van der Waals surface area contributed by atoms with Crippen molar-refractivity contribution in [3.8, 4) is 0 Å². The number of amides is 1. The summed E-state index contributed by atoms with van der Waals surface area (Å²) < 4.78 is 13.1. The van der Waals surface area contributed by atoms with Gasteiger partial charge in [0.05, 0.1) is 11.9 Å². The standard InChI is InChI=1S/C24H25FN4O/c25-21-9-7-19(8-10-21)18-28-13-4-14-29(16-15-28)23-12-11-22(17-26-23)27-24(30)20-5-2-1-3-6-20/h1-3,5-12,17H,4,13-16,18H2,(H,27,30). The van der Waals surface area contributed by atoms with Crippen molar-refractivity contribution in [3.05, 3.63) is 89.9 Å². The van der Waals surface area contributed by atoms with E-state index in [1.165, 1.54) is 12.1 Å². The molecule has 0 aliphatic carbocycles. The summed E-state index contributed by atoms with van der Waals surface area (Å²) in [6, 6.07) is 19.7. The van der Waals surface area contributed by atoms with Crippen molar-refractivity contribution < 1.29 is 9.18 Å². The van der Waals surface area contributed by atoms with E-state index in [0.717, 1.165) is 50.5 Å². The summed E-state index contributed by atoms with van der Waals surface area (Å²) in [6.45, 7) is 4.56. The molecule has 30 heavy (non-hydrogen) atoms. The van der Waals surface area contributed by atoms with E-state index in [0.29, 0.717) is 11.3 Å². The van der Waals surface area contributed by atoms with E-state index in [9.17, 15) is 9.18 Å². The summed E-state index contributed by atoms with van der Waals surface area (Å²) in [5.74, 6) is 0.572. The molecule has 1 aliphatic rings. The second kappa shape index (κ2) is 9.50. The van der Waals surface area contributed by atoms with Crippen LogP contribution >= 0.6 is 0 Å². The number of hydrogen-bond acceptors (Lipinski definition) is 4. The third-order valence-corrected chi connectivity index (χ3v) is 5.27. The number of nitrogens with one attached hydrogen (secondary N) is 1. The average molecular weight is 404 g/mol. The molecule has 1 aliphatic heterocycles. The van der Waals surface area contributed by atoms with Gasteiger partial charge in [-0.05, 0) is 48.4 Å². The molecule has 1 N–H and O–H groups in total. The lowest BCUT2D eigenvalue weighted by atomic mass is 10.2. The van der Waals surface area contributed by atoms with Gasteiger partial charge >= 0.3 is 0 Å². The van der Waals surface area contributed by atoms with Gasteiger partial charge in [0.15, 0.2) is 0 Å². The smallest absolute Gasteiger partial charge is 0.255 e. The van der Waals surface area contributed by atoms with Crippen molar-refractivity contribution in [2.24, 2.45) is 0 Å². The molecular weight excluding hydrogens is 379 g/mol. The van der Waals surface area contributed by atoms with Crippen molar-refractivity contribution in [1.29, 1.82) is 0 Å². The molecule has 4 rings (SSSR count). The minimum Gasteiger partial charge on any atom is -0.355 e. The van der Waals surface area contributed by atoms with E-state index in [1.54, 1.807) is 18.3 Å². The Morgan fingerprint density at radius 3 is 2.47 bits per heavy atom. The van der Waals surface area contributed by atoms with Crippen molar-refractivity contribution in [2.75, 3.05) is 36.4 Å². The zero-order chi connectivity index (χ0) is 20.8. The van der Waals surface area contributed by atoms with Crippen LogP contribution in [-0.2, 0) is 6.54 Å². The lowest BCUT2D eigenvalue weighted by Crippen LogP contribution is -2.31. The topological polar surface area (TPSA) is 48.5 Å². The van der Waals surface area contributed by atoms with Gasteiger partial charge in [0.1, 0.15) is 11.6 Å². The molecule has 0 bridgehead atoms. The Kier molecular flexibility index (Phi) is 6.35. The third-order valence-electron chi connectivity index (χ3n) is 5.27. The first kappa shape index (κ1) is 20.0. The molecule has 2 aromatic carbocycles. The fourth-order valence-electron chi connectivity index (χ4n) is 3.65. The summed E-state index contributed by atoms with van der Waals surface area (Å²) in [5, 5.41) is 2.88. The van der Waals surface area contributed by atoms with E-state index >= 15 is 0 Å². The van der Waals surface area contributed by atoms with Crippen molar-refractivity contribution in [1.82, 2.24) is 9.88 Å². The van der Waals surface area contributed by atoms with E-state index in [4.69, 9.17) is 0 Å². The number of benzene rings is 2. The van der Waals surface area contributed by atoms with Gasteiger partial charge in [0, 0.05) is 38.3 Å². The number of aromatic nitrogens is 1. The van der Waals surface area contributed by atoms with E-state index in [1.807, 2.05) is 42.5 Å². The van der Waals surface area contributed by atoms with E-state index in [-0.39, 0.29) is 11.7 Å². The van der Waals surface area contributed by atoms with Gasteiger partial charge in [-0.2, -0.15) is 0 Å². The van der Waals surface area contributed by atoms with Gasteiger partial charge in [-0.25, -0.2) is 9.37 Å². The highest BCUT2D eigenvalue weighted by Crippen LogP contribution is 2.18. The van der Waals surface area contributed by atoms with Gasteiger partial charge in [0.2, 0.25) is 0 Å². The maximum atomic E-state index is 13.1. The fraction of sp³-hybridized carbons (Fsp3) is 0.250. The minimum atomic E-state index is -0.199. The highest BCUT2D eigenvalue weighted by Gasteiger charge is 2.16. The Balaban J connectivity index is 1.33. The number of pyridine rings is 1. The summed E-state index contributed by atoms with van der Waals surface area (Å²) >= 11 is 0. The molecule has 0 spiro atoms. The zero-order valence-electron chi connectivity index (χ0n) is 16.8. The molecule has 1 amide bonds. The van der Waals surface area contributed by atoms with Gasteiger partial charge < -0.3 is 10.2 Å². The Labute approximate surface area is 176 Å². The first-order chi connectivity index (χ1) is 14.7. The first-order valence-electron chi connectivity index (χ1n) is 10.2. The molecule has 2 heterocycles. The highest BCUT2D eigenvalue weighted by atomic mass is 19.1. The number of anilines is 2. The predicted octanol–water partition coefficient (Wildman–Crippen LogP) is 4.19. The summed E-state index contributed by atoms with van der Waals surface area (Å²) in [5.41, 5.74) is 2.43. The molecular formula is C24H25FN4O. The molecule has 5 nitrogen and oxygen atoms in total. The maximum Gasteiger partial charge on any atom is 0.255 e. The largest absolute Gasteiger partial charge is 0.355 e. The number of halogens is 1. The lowest BCUT2D eigenvalue weighted by Gasteiger charge is -2.23. The summed E-state index contributed by atoms with van der Waals surface area (Å²) in [4.78, 5) is 21.5. The number of rotatable bonds is 5. The fourth-order valence-corrected chi connectivity index (χ4v) is 3.65. The van der Waals surface area contributed by atoms with Crippen molar-refractivity contribution >= 4 is 17.4 Å². The van der Waals surface area contributed by atoms with Gasteiger partial charge in [0.25, 0.3) is 5.91 Å². The molecule has 0 radical (unpaired) electrons. The average Bonchev–Trinajstić information content (AvgIpc) is 3.02. The van der Waals surface area contributed by atoms with Crippen LogP contribution in [0, 0.1) is 5.82 Å². The molecule has 154 valence electrons. The van der Waals surface area contributed by atoms with Crippen LogP contribution < -0.4 is 10.2 Å². The molecule has 3 aromatic rings. The molecule has 0 saturated carbocycles. The summed E-state index contributed by atoms with van der Waals surface area (Å²) in [7, 11) is 0. The zero-order valence-corrected chi connectivity index (χ0v) is 16.8. The quantitative estimate of drug-likeness (QED) is 0.693. The minimum absolute atomic E-state index is 0.142. The third kappa shape index (κ3) is 5.21. The Morgan fingerprint density at radius 2 is 1.73 bits per heavy atom. The Bertz CT molecular complexity index is 961. The van der Waals surface area contributed by atoms with Gasteiger partial charge in [-0.15, -0.1) is 0 Å². The SMILES string of the molecule is O=C(Nc1ccc(N2CCCN(Cc3ccc(F)cc3)CC2)nc1)c1ccccc1. The number of carbonyl (C=O) groups is 1. The second-order valence-corrected chi connectivity index (χ2v) is 7.47.